The van der Waals surface area contributed by atoms with Crippen molar-refractivity contribution >= 4 is 17.6 Å². The Bertz CT molecular complexity index is 700. The van der Waals surface area contributed by atoms with Crippen LogP contribution in [0.15, 0.2) is 34.7 Å². The molecule has 1 aromatic carbocycles. The second-order valence-electron chi connectivity index (χ2n) is 4.08. The van der Waals surface area contributed by atoms with Crippen LogP contribution in [0.3, 0.4) is 0 Å². The van der Waals surface area contributed by atoms with Gasteiger partial charge in [-0.3, -0.25) is 19.7 Å². The molecule has 0 saturated carbocycles. The third kappa shape index (κ3) is 2.41. The van der Waals surface area contributed by atoms with Crippen LogP contribution in [0.1, 0.15) is 27.8 Å². The van der Waals surface area contributed by atoms with Crippen molar-refractivity contribution < 1.29 is 18.9 Å². The van der Waals surface area contributed by atoms with E-state index in [2.05, 4.69) is 0 Å². The third-order valence-electron chi connectivity index (χ3n) is 2.73. The summed E-state index contributed by atoms with van der Waals surface area (Å²) in [6, 6.07) is 7.38. The number of rotatable bonds is 4. The number of carbonyl (C=O) groups is 2. The number of furan rings is 1. The Morgan fingerprint density at radius 3 is 2.30 bits per heavy atom. The maximum atomic E-state index is 11.3. The molecular formula is C13H10N2O5. The van der Waals surface area contributed by atoms with Gasteiger partial charge < -0.3 is 10.2 Å². The molecule has 1 amide bonds. The van der Waals surface area contributed by atoms with E-state index in [0.29, 0.717) is 11.1 Å². The van der Waals surface area contributed by atoms with Gasteiger partial charge in [-0.1, -0.05) is 24.3 Å². The van der Waals surface area contributed by atoms with Crippen molar-refractivity contribution in [2.24, 2.45) is 5.73 Å². The number of Topliss-reactive ketones (excluding diaryl/α,β-unsaturated/α-hetero) is 1. The van der Waals surface area contributed by atoms with Gasteiger partial charge in [-0.15, -0.1) is 0 Å². The highest BCUT2D eigenvalue weighted by atomic mass is 16.6. The summed E-state index contributed by atoms with van der Waals surface area (Å²) in [6.45, 7) is 1.42. The second kappa shape index (κ2) is 4.96. The van der Waals surface area contributed by atoms with E-state index >= 15 is 0 Å². The predicted octanol–water partition coefficient (Wildman–Crippen LogP) is 2.16. The minimum atomic E-state index is -0.899. The van der Waals surface area contributed by atoms with Crippen molar-refractivity contribution in [2.75, 3.05) is 0 Å². The summed E-state index contributed by atoms with van der Waals surface area (Å²) in [5.41, 5.74) is 6.35. The van der Waals surface area contributed by atoms with Crippen LogP contribution >= 0.6 is 0 Å². The Balaban J connectivity index is 2.53. The lowest BCUT2D eigenvalue weighted by atomic mass is 10.0. The number of benzene rings is 1. The number of nitro groups is 1. The fraction of sp³-hybridized carbons (Fsp3) is 0.0769. The molecule has 0 radical (unpaired) electrons. The van der Waals surface area contributed by atoms with E-state index in [1.807, 2.05) is 0 Å². The van der Waals surface area contributed by atoms with Crippen LogP contribution in [0.5, 0.6) is 0 Å². The zero-order chi connectivity index (χ0) is 14.9. The molecule has 0 spiro atoms. The van der Waals surface area contributed by atoms with Crippen LogP contribution in [0.25, 0.3) is 11.1 Å². The number of amides is 1. The van der Waals surface area contributed by atoms with Gasteiger partial charge in [0.25, 0.3) is 5.91 Å². The molecule has 0 atom stereocenters. The number of hydrogen-bond acceptors (Lipinski definition) is 5. The Labute approximate surface area is 113 Å². The van der Waals surface area contributed by atoms with Gasteiger partial charge in [-0.2, -0.15) is 0 Å². The standard InChI is InChI=1S/C13H10N2O5/c1-7(16)8-2-4-9(5-3-8)10-6-11(15(18)19)20-12(10)13(14)17/h2-6H,1H3,(H2,14,17). The molecular weight excluding hydrogens is 264 g/mol. The molecule has 0 saturated heterocycles. The monoisotopic (exact) mass is 274 g/mol. The highest BCUT2D eigenvalue weighted by Crippen LogP contribution is 2.31. The fourth-order valence-electron chi connectivity index (χ4n) is 1.75. The number of nitrogens with two attached hydrogens (primary N) is 1. The summed E-state index contributed by atoms with van der Waals surface area (Å²) in [5, 5.41) is 10.7. The first-order valence-electron chi connectivity index (χ1n) is 5.59. The lowest BCUT2D eigenvalue weighted by molar-refractivity contribution is -0.402. The van der Waals surface area contributed by atoms with Crippen LogP contribution in [-0.4, -0.2) is 16.6 Å². The van der Waals surface area contributed by atoms with Crippen molar-refractivity contribution in [1.29, 1.82) is 0 Å². The van der Waals surface area contributed by atoms with Gasteiger partial charge in [0.1, 0.15) is 4.92 Å². The topological polar surface area (TPSA) is 116 Å². The first kappa shape index (κ1) is 13.5. The Kier molecular flexibility index (Phi) is 3.34. The molecule has 0 bridgehead atoms. The largest absolute Gasteiger partial charge is 0.434 e. The molecule has 7 heteroatoms. The highest BCUT2D eigenvalue weighted by molar-refractivity contribution is 5.98. The molecule has 0 aliphatic rings. The summed E-state index contributed by atoms with van der Waals surface area (Å²) in [6.07, 6.45) is 0. The molecule has 1 heterocycles. The second-order valence-corrected chi connectivity index (χ2v) is 4.08. The quantitative estimate of drug-likeness (QED) is 0.520. The van der Waals surface area contributed by atoms with Crippen molar-refractivity contribution in [2.45, 2.75) is 6.92 Å². The minimum absolute atomic E-state index is 0.107. The SMILES string of the molecule is CC(=O)c1ccc(-c2cc([N+](=O)[O-])oc2C(N)=O)cc1. The van der Waals surface area contributed by atoms with Gasteiger partial charge in [-0.25, -0.2) is 0 Å². The Hall–Kier alpha value is -2.96. The van der Waals surface area contributed by atoms with Crippen molar-refractivity contribution in [3.63, 3.8) is 0 Å². The molecule has 0 aliphatic heterocycles. The Morgan fingerprint density at radius 2 is 1.85 bits per heavy atom. The van der Waals surface area contributed by atoms with E-state index in [1.165, 1.54) is 6.92 Å². The van der Waals surface area contributed by atoms with Crippen molar-refractivity contribution in [3.8, 4) is 11.1 Å². The molecule has 2 rings (SSSR count). The molecule has 0 aliphatic carbocycles. The van der Waals surface area contributed by atoms with Gasteiger partial charge in [0.15, 0.2) is 5.78 Å². The van der Waals surface area contributed by atoms with Gasteiger partial charge in [0.05, 0.1) is 6.07 Å². The van der Waals surface area contributed by atoms with Crippen LogP contribution < -0.4 is 5.73 Å². The van der Waals surface area contributed by atoms with Gasteiger partial charge in [0.2, 0.25) is 5.76 Å². The van der Waals surface area contributed by atoms with Crippen LogP contribution in [0, 0.1) is 10.1 Å². The van der Waals surface area contributed by atoms with Gasteiger partial charge >= 0.3 is 5.88 Å². The predicted molar refractivity (Wildman–Crippen MR) is 69.3 cm³/mol. The van der Waals surface area contributed by atoms with Crippen LogP contribution in [0.2, 0.25) is 0 Å². The van der Waals surface area contributed by atoms with E-state index in [-0.39, 0.29) is 17.1 Å². The summed E-state index contributed by atoms with van der Waals surface area (Å²) in [7, 11) is 0. The summed E-state index contributed by atoms with van der Waals surface area (Å²) < 4.78 is 4.83. The average molecular weight is 274 g/mol. The molecule has 0 fully saturated rings. The van der Waals surface area contributed by atoms with Gasteiger partial charge in [-0.05, 0) is 12.5 Å². The van der Waals surface area contributed by atoms with E-state index in [4.69, 9.17) is 10.2 Å². The zero-order valence-corrected chi connectivity index (χ0v) is 10.5. The fourth-order valence-corrected chi connectivity index (χ4v) is 1.75. The molecule has 20 heavy (non-hydrogen) atoms. The van der Waals surface area contributed by atoms with E-state index < -0.39 is 16.7 Å². The maximum Gasteiger partial charge on any atom is 0.434 e. The molecule has 102 valence electrons. The molecule has 0 unspecified atom stereocenters. The molecule has 2 N–H and O–H groups in total. The molecule has 7 nitrogen and oxygen atoms in total. The number of nitrogens with zero attached hydrogens (tertiary/aromatic N) is 1. The van der Waals surface area contributed by atoms with E-state index in [0.717, 1.165) is 6.07 Å². The molecule has 2 aromatic rings. The zero-order valence-electron chi connectivity index (χ0n) is 10.5. The lowest BCUT2D eigenvalue weighted by Gasteiger charge is -2.00. The smallest absolute Gasteiger partial charge is 0.395 e. The normalized spacial score (nSPS) is 10.2. The van der Waals surface area contributed by atoms with Crippen molar-refractivity contribution in [1.82, 2.24) is 0 Å². The Morgan fingerprint density at radius 1 is 1.25 bits per heavy atom. The average Bonchev–Trinajstić information content (AvgIpc) is 2.84. The molecule has 1 aromatic heterocycles. The van der Waals surface area contributed by atoms with Crippen LogP contribution in [-0.2, 0) is 0 Å². The summed E-state index contributed by atoms with van der Waals surface area (Å²) in [5.74, 6) is -1.86. The van der Waals surface area contributed by atoms with E-state index in [9.17, 15) is 19.7 Å². The van der Waals surface area contributed by atoms with Gasteiger partial charge in [0, 0.05) is 11.1 Å². The van der Waals surface area contributed by atoms with Crippen molar-refractivity contribution in [3.05, 3.63) is 51.8 Å². The number of primary amides is 1. The number of ketones is 1. The first-order chi connectivity index (χ1) is 9.40. The lowest BCUT2D eigenvalue weighted by Crippen LogP contribution is -2.10. The maximum absolute atomic E-state index is 11.3. The minimum Gasteiger partial charge on any atom is -0.395 e. The first-order valence-corrected chi connectivity index (χ1v) is 5.59. The highest BCUT2D eigenvalue weighted by Gasteiger charge is 2.23. The third-order valence-corrected chi connectivity index (χ3v) is 2.73. The summed E-state index contributed by atoms with van der Waals surface area (Å²) in [4.78, 5) is 32.4. The van der Waals surface area contributed by atoms with Crippen LogP contribution in [0.4, 0.5) is 5.88 Å². The summed E-state index contributed by atoms with van der Waals surface area (Å²) >= 11 is 0. The number of carbonyl (C=O) groups excluding carboxylic acids is 2. The van der Waals surface area contributed by atoms with E-state index in [1.54, 1.807) is 24.3 Å². The number of hydrogen-bond donors (Lipinski definition) is 1.